The second-order valence-corrected chi connectivity index (χ2v) is 1.23. The van der Waals surface area contributed by atoms with E-state index in [9.17, 15) is 0 Å². The Kier molecular flexibility index (Phi) is 14.8. The van der Waals surface area contributed by atoms with Gasteiger partial charge in [0.05, 0.1) is 0 Å². The fourth-order valence-electron chi connectivity index (χ4n) is 0.191. The van der Waals surface area contributed by atoms with E-state index in [-0.39, 0.29) is 40.5 Å². The summed E-state index contributed by atoms with van der Waals surface area (Å²) in [5, 5.41) is 9.81. The number of aromatic amines is 1. The Hall–Kier alpha value is 0.280. The summed E-state index contributed by atoms with van der Waals surface area (Å²) in [6.45, 7) is 0. The predicted molar refractivity (Wildman–Crippen MR) is 29.2 cm³/mol. The zero-order valence-corrected chi connectivity index (χ0v) is 7.70. The molecule has 0 fully saturated rings. The van der Waals surface area contributed by atoms with E-state index >= 15 is 0 Å². The molecule has 0 atom stereocenters. The van der Waals surface area contributed by atoms with E-state index in [4.69, 9.17) is 0 Å². The summed E-state index contributed by atoms with van der Waals surface area (Å²) in [6.07, 6.45) is 1.48. The average molecular weight is 159 g/mol. The van der Waals surface area contributed by atoms with E-state index in [1.165, 1.54) is 6.20 Å². The number of nitrogens with one attached hydrogen (secondary N) is 1. The van der Waals surface area contributed by atoms with Crippen molar-refractivity contribution in [2.45, 2.75) is 5.03 Å². The smallest absolute Gasteiger partial charge is 0.757 e. The van der Waals surface area contributed by atoms with Crippen LogP contribution in [0.5, 0.6) is 0 Å². The number of hydrogen-bond acceptors (Lipinski definition) is 3. The first kappa shape index (κ1) is 16.1. The zero-order valence-electron chi connectivity index (χ0n) is 4.88. The molecule has 1 rings (SSSR count). The van der Waals surface area contributed by atoms with E-state index in [0.717, 1.165) is 0 Å². The Morgan fingerprint density at radius 3 is 2.11 bits per heavy atom. The van der Waals surface area contributed by atoms with Gasteiger partial charge in [0.25, 0.3) is 0 Å². The van der Waals surface area contributed by atoms with Gasteiger partial charge >= 0.3 is 29.6 Å². The van der Waals surface area contributed by atoms with Gasteiger partial charge in [-0.2, -0.15) is 15.4 Å². The van der Waals surface area contributed by atoms with Crippen LogP contribution >= 0.6 is 0 Å². The van der Waals surface area contributed by atoms with Crippen LogP contribution in [0.1, 0.15) is 0 Å². The van der Waals surface area contributed by atoms with Crippen LogP contribution in [0.25, 0.3) is 0 Å². The minimum Gasteiger partial charge on any atom is -0.757 e. The summed E-state index contributed by atoms with van der Waals surface area (Å²) < 4.78 is 0. The molecule has 0 saturated heterocycles. The Labute approximate surface area is 79.5 Å². The molecule has 0 aliphatic heterocycles. The third kappa shape index (κ3) is 6.16. The number of rotatable bonds is 0. The monoisotopic (exact) mass is 159 g/mol. The molecule has 0 saturated carbocycles. The van der Waals surface area contributed by atoms with Gasteiger partial charge in [0, 0.05) is 6.20 Å². The van der Waals surface area contributed by atoms with Crippen LogP contribution in [-0.2, 0) is 12.6 Å². The van der Waals surface area contributed by atoms with Crippen molar-refractivity contribution >= 4 is 12.6 Å². The Bertz CT molecular complexity index is 123. The van der Waals surface area contributed by atoms with Crippen molar-refractivity contribution in [3.05, 3.63) is 6.20 Å². The molecule has 5 nitrogen and oxygen atoms in total. The fraction of sp³-hybridized carbons (Fsp3) is 0. The minimum absolute atomic E-state index is 0. The molecule has 1 aromatic rings. The molecule has 0 aliphatic rings. The number of H-pyrrole nitrogens is 1. The molecule has 0 aliphatic carbocycles. The number of nitrogens with zero attached hydrogens (tertiary/aromatic N) is 2. The maximum Gasteiger partial charge on any atom is 1.00 e. The molecule has 1 aromatic heterocycles. The van der Waals surface area contributed by atoms with Gasteiger partial charge in [-0.25, -0.2) is 0 Å². The Balaban J connectivity index is -0.000000120. The maximum atomic E-state index is 4.54. The van der Waals surface area contributed by atoms with E-state index in [0.29, 0.717) is 5.03 Å². The summed E-state index contributed by atoms with van der Waals surface area (Å²) in [4.78, 5) is 0. The van der Waals surface area contributed by atoms with Crippen LogP contribution in [0.3, 0.4) is 0 Å². The van der Waals surface area contributed by atoms with E-state index < -0.39 is 0 Å². The Morgan fingerprint density at radius 1 is 1.44 bits per heavy atom. The first-order valence-electron chi connectivity index (χ1n) is 1.42. The fourth-order valence-corrected chi connectivity index (χ4v) is 0.285. The zero-order chi connectivity index (χ0) is 4.41. The summed E-state index contributed by atoms with van der Waals surface area (Å²) >= 11 is 4.54. The van der Waals surface area contributed by atoms with Gasteiger partial charge in [-0.1, -0.05) is 0 Å². The first-order chi connectivity index (χ1) is 2.89. The first-order valence-corrected chi connectivity index (χ1v) is 1.83. The van der Waals surface area contributed by atoms with Crippen molar-refractivity contribution in [3.8, 4) is 0 Å². The van der Waals surface area contributed by atoms with Crippen LogP contribution in [-0.4, -0.2) is 26.4 Å². The van der Waals surface area contributed by atoms with Crippen molar-refractivity contribution in [2.24, 2.45) is 0 Å². The van der Waals surface area contributed by atoms with Gasteiger partial charge < -0.3 is 23.6 Å². The van der Waals surface area contributed by atoms with Gasteiger partial charge in [0.1, 0.15) is 0 Å². The third-order valence-electron chi connectivity index (χ3n) is 0.393. The molecule has 0 bridgehead atoms. The normalized spacial score (nSPS) is 5.78. The third-order valence-corrected chi connectivity index (χ3v) is 0.590. The van der Waals surface area contributed by atoms with E-state index in [2.05, 4.69) is 28.0 Å². The molecule has 7 heteroatoms. The quantitative estimate of drug-likeness (QED) is 0.303. The molecule has 48 valence electrons. The van der Waals surface area contributed by atoms with E-state index in [1.807, 2.05) is 0 Å². The minimum atomic E-state index is 0. The molecule has 5 N–H and O–H groups in total. The molecular weight excluding hydrogens is 153 g/mol. The summed E-state index contributed by atoms with van der Waals surface area (Å²) in [5.41, 5.74) is 0. The standard InChI is InChI=1S/C2H3N3S.Na.2H2O/c6-2-1-3-5-4-2;;;/h1H,(H2,3,4,5,6);;2*1H2/q;+1;;/p-1. The molecule has 0 unspecified atom stereocenters. The van der Waals surface area contributed by atoms with Crippen molar-refractivity contribution in [1.29, 1.82) is 0 Å². The van der Waals surface area contributed by atoms with Crippen molar-refractivity contribution in [3.63, 3.8) is 0 Å². The predicted octanol–water partition coefficient (Wildman–Crippen LogP) is -4.93. The topological polar surface area (TPSA) is 105 Å². The second-order valence-electron chi connectivity index (χ2n) is 0.808. The largest absolute Gasteiger partial charge is 1.00 e. The Morgan fingerprint density at radius 2 is 2.00 bits per heavy atom. The molecular formula is C2H6N3NaO2S. The number of aromatic nitrogens is 3. The van der Waals surface area contributed by atoms with Gasteiger partial charge in [-0.15, -0.1) is 0 Å². The molecule has 0 radical (unpaired) electrons. The summed E-state index contributed by atoms with van der Waals surface area (Å²) in [6, 6.07) is 0. The van der Waals surface area contributed by atoms with Gasteiger partial charge in [-0.05, 0) is 5.03 Å². The number of hydrogen-bond donors (Lipinski definition) is 1. The van der Waals surface area contributed by atoms with Crippen molar-refractivity contribution < 1.29 is 40.5 Å². The molecule has 0 spiro atoms. The SMILES string of the molecule is O.O.[Na+].[S-]c1cn[nH]n1. The van der Waals surface area contributed by atoms with Crippen LogP contribution in [0.4, 0.5) is 0 Å². The van der Waals surface area contributed by atoms with E-state index in [1.54, 1.807) is 0 Å². The molecule has 1 heterocycles. The summed E-state index contributed by atoms with van der Waals surface area (Å²) in [7, 11) is 0. The molecule has 0 amide bonds. The van der Waals surface area contributed by atoms with Crippen molar-refractivity contribution in [2.75, 3.05) is 0 Å². The van der Waals surface area contributed by atoms with Gasteiger partial charge in [0.2, 0.25) is 0 Å². The van der Waals surface area contributed by atoms with Crippen LogP contribution in [0, 0.1) is 0 Å². The molecule has 9 heavy (non-hydrogen) atoms. The van der Waals surface area contributed by atoms with Gasteiger partial charge in [0.15, 0.2) is 0 Å². The van der Waals surface area contributed by atoms with Crippen LogP contribution in [0.15, 0.2) is 11.2 Å². The maximum absolute atomic E-state index is 4.54. The van der Waals surface area contributed by atoms with Crippen molar-refractivity contribution in [1.82, 2.24) is 15.4 Å². The van der Waals surface area contributed by atoms with Crippen LogP contribution in [0.2, 0.25) is 0 Å². The van der Waals surface area contributed by atoms with Gasteiger partial charge in [-0.3, -0.25) is 0 Å². The summed E-state index contributed by atoms with van der Waals surface area (Å²) in [5.74, 6) is 0. The van der Waals surface area contributed by atoms with Crippen LogP contribution < -0.4 is 29.6 Å². The molecule has 0 aromatic carbocycles. The second kappa shape index (κ2) is 8.28. The average Bonchev–Trinajstić information content (AvgIpc) is 1.86.